The van der Waals surface area contributed by atoms with Crippen LogP contribution < -0.4 is 4.89 Å². The Morgan fingerprint density at radius 1 is 0.514 bits per heavy atom. The Hall–Kier alpha value is -4.81. The monoisotopic (exact) mass is 1040 g/mol. The molecule has 0 radical (unpaired) electrons. The minimum absolute atomic E-state index is 0.0696. The summed E-state index contributed by atoms with van der Waals surface area (Å²) in [5.41, 5.74) is 0.599. The van der Waals surface area contributed by atoms with Crippen molar-refractivity contribution in [3.05, 3.63) is 79.9 Å². The van der Waals surface area contributed by atoms with Crippen molar-refractivity contribution in [3.8, 4) is 0 Å². The van der Waals surface area contributed by atoms with Gasteiger partial charge in [0.25, 0.3) is 19.2 Å². The minimum Gasteiger partial charge on any atom is -0.756 e. The predicted molar refractivity (Wildman–Crippen MR) is 269 cm³/mol. The zero-order valence-electron chi connectivity index (χ0n) is 43.5. The summed E-state index contributed by atoms with van der Waals surface area (Å²) >= 11 is 0. The summed E-state index contributed by atoms with van der Waals surface area (Å²) in [5.74, 6) is -1.77. The van der Waals surface area contributed by atoms with E-state index in [4.69, 9.17) is 28.0 Å². The second kappa shape index (κ2) is 36.2. The third-order valence-electron chi connectivity index (χ3n) is 11.9. The normalized spacial score (nSPS) is 13.6. The maximum atomic E-state index is 12.8. The Morgan fingerprint density at radius 2 is 0.847 bits per heavy atom. The van der Waals surface area contributed by atoms with Crippen LogP contribution in [0.4, 0.5) is 11.4 Å². The van der Waals surface area contributed by atoms with Crippen molar-refractivity contribution in [1.82, 2.24) is 0 Å². The number of ether oxygens (including phenoxy) is 4. The summed E-state index contributed by atoms with van der Waals surface area (Å²) in [7, 11) is 0.952. The van der Waals surface area contributed by atoms with Gasteiger partial charge in [-0.3, -0.25) is 44.0 Å². The lowest BCUT2D eigenvalue weighted by molar-refractivity contribution is -0.870. The van der Waals surface area contributed by atoms with Gasteiger partial charge in [-0.1, -0.05) is 127 Å². The molecule has 0 spiro atoms. The van der Waals surface area contributed by atoms with Crippen molar-refractivity contribution in [3.63, 3.8) is 0 Å². The van der Waals surface area contributed by atoms with E-state index < -0.39 is 54.5 Å². The fourth-order valence-corrected chi connectivity index (χ4v) is 8.53. The highest BCUT2D eigenvalue weighted by atomic mass is 31.2. The second-order valence-electron chi connectivity index (χ2n) is 19.4. The zero-order chi connectivity index (χ0) is 53.2. The van der Waals surface area contributed by atoms with Gasteiger partial charge in [-0.05, 0) is 51.7 Å². The summed E-state index contributed by atoms with van der Waals surface area (Å²) in [5, 5.41) is 22.6. The van der Waals surface area contributed by atoms with Gasteiger partial charge in [0, 0.05) is 37.8 Å². The number of rotatable bonds is 42. The predicted octanol–water partition coefficient (Wildman–Crippen LogP) is 11.4. The van der Waals surface area contributed by atoms with Crippen LogP contribution >= 0.6 is 7.82 Å². The van der Waals surface area contributed by atoms with Crippen LogP contribution in [0.3, 0.4) is 0 Å². The number of quaternary nitrogens is 1. The van der Waals surface area contributed by atoms with Crippen LogP contribution in [-0.2, 0) is 51.7 Å². The van der Waals surface area contributed by atoms with E-state index in [2.05, 4.69) is 0 Å². The first kappa shape index (κ1) is 63.3. The number of para-hydroxylation sites is 2. The summed E-state index contributed by atoms with van der Waals surface area (Å²) in [4.78, 5) is 84.0. The molecule has 0 heterocycles. The average Bonchev–Trinajstić information content (AvgIpc) is 3.32. The first-order valence-corrected chi connectivity index (χ1v) is 27.3. The Bertz CT molecular complexity index is 1980. The van der Waals surface area contributed by atoms with Crippen LogP contribution in [0.2, 0.25) is 0 Å². The van der Waals surface area contributed by atoms with E-state index in [0.717, 1.165) is 103 Å². The molecule has 0 saturated carbocycles. The highest BCUT2D eigenvalue weighted by Gasteiger charge is 2.24. The van der Waals surface area contributed by atoms with Crippen molar-refractivity contribution in [2.24, 2.45) is 0 Å². The van der Waals surface area contributed by atoms with E-state index in [1.807, 2.05) is 21.1 Å². The highest BCUT2D eigenvalue weighted by Crippen LogP contribution is 2.38. The van der Waals surface area contributed by atoms with Gasteiger partial charge < -0.3 is 37.4 Å². The molecule has 20 heteroatoms. The Morgan fingerprint density at radius 3 is 1.21 bits per heavy atom. The van der Waals surface area contributed by atoms with Crippen molar-refractivity contribution in [2.45, 2.75) is 186 Å². The number of nitrogens with zero attached hydrogens (tertiary/aromatic N) is 3. The van der Waals surface area contributed by atoms with Gasteiger partial charge in [-0.25, -0.2) is 0 Å². The number of benzene rings is 2. The fourth-order valence-electron chi connectivity index (χ4n) is 7.80. The van der Waals surface area contributed by atoms with Gasteiger partial charge in [0.1, 0.15) is 32.0 Å². The van der Waals surface area contributed by atoms with Crippen LogP contribution in [0.25, 0.3) is 0 Å². The molecule has 2 rings (SSSR count). The molecule has 0 N–H and O–H groups in total. The van der Waals surface area contributed by atoms with E-state index >= 15 is 0 Å². The van der Waals surface area contributed by atoms with E-state index in [9.17, 15) is 48.9 Å². The lowest BCUT2D eigenvalue weighted by Gasteiger charge is -2.28. The number of nitro groups is 2. The van der Waals surface area contributed by atoms with Crippen LogP contribution in [0.1, 0.15) is 191 Å². The molecular formula is C52H82N3O16P. The SMILES string of the molecule is CC(OC(=O)CCCCCCCCCCCCC(=O)OC[C@H](COP(=O)([O-])OCC[N+](C)(C)C)OC(=O)CCCCCCCCCCCCC(=O)OC(C)c1ccccc1[N+](=O)[O-])c1ccccc1[N+](=O)[O-]. The lowest BCUT2D eigenvalue weighted by Crippen LogP contribution is -2.37. The lowest BCUT2D eigenvalue weighted by atomic mass is 10.1. The highest BCUT2D eigenvalue weighted by molar-refractivity contribution is 7.45. The quantitative estimate of drug-likeness (QED) is 0.0114. The molecule has 4 atom stereocenters. The zero-order valence-corrected chi connectivity index (χ0v) is 44.4. The van der Waals surface area contributed by atoms with Gasteiger partial charge in [0.15, 0.2) is 6.10 Å². The third-order valence-corrected chi connectivity index (χ3v) is 12.9. The Labute approximate surface area is 426 Å². The van der Waals surface area contributed by atoms with Crippen molar-refractivity contribution in [2.75, 3.05) is 47.5 Å². The molecule has 0 aliphatic heterocycles. The van der Waals surface area contributed by atoms with Gasteiger partial charge in [0.05, 0.1) is 48.7 Å². The molecule has 19 nitrogen and oxygen atoms in total. The van der Waals surface area contributed by atoms with E-state index in [1.54, 1.807) is 50.2 Å². The molecule has 0 amide bonds. The smallest absolute Gasteiger partial charge is 0.306 e. The number of esters is 4. The molecule has 406 valence electrons. The molecule has 2 aromatic carbocycles. The number of nitro benzene ring substituents is 2. The van der Waals surface area contributed by atoms with Crippen LogP contribution in [0.5, 0.6) is 0 Å². The summed E-state index contributed by atoms with van der Waals surface area (Å²) in [6.45, 7) is 2.68. The first-order valence-electron chi connectivity index (χ1n) is 25.9. The van der Waals surface area contributed by atoms with Gasteiger partial charge in [-0.15, -0.1) is 0 Å². The van der Waals surface area contributed by atoms with Crippen molar-refractivity contribution >= 4 is 43.1 Å². The number of carbonyl (C=O) groups excluding carboxylic acids is 4. The molecule has 0 saturated heterocycles. The molecule has 0 aliphatic rings. The van der Waals surface area contributed by atoms with Crippen LogP contribution in [-0.4, -0.2) is 91.8 Å². The van der Waals surface area contributed by atoms with Crippen LogP contribution in [0.15, 0.2) is 48.5 Å². The van der Waals surface area contributed by atoms with Gasteiger partial charge in [0.2, 0.25) is 0 Å². The molecule has 3 unspecified atom stereocenters. The summed E-state index contributed by atoms with van der Waals surface area (Å²) in [6.07, 6.45) is 16.4. The third kappa shape index (κ3) is 30.3. The number of phosphoric ester groups is 1. The largest absolute Gasteiger partial charge is 0.756 e. The Balaban J connectivity index is 1.58. The minimum atomic E-state index is -4.72. The number of unbranched alkanes of at least 4 members (excludes halogenated alkanes) is 18. The molecule has 0 bridgehead atoms. The van der Waals surface area contributed by atoms with E-state index in [0.29, 0.717) is 47.8 Å². The number of phosphoric acid groups is 1. The van der Waals surface area contributed by atoms with Gasteiger partial charge >= 0.3 is 23.9 Å². The second-order valence-corrected chi connectivity index (χ2v) is 20.8. The van der Waals surface area contributed by atoms with Gasteiger partial charge in [-0.2, -0.15) is 0 Å². The van der Waals surface area contributed by atoms with Crippen molar-refractivity contribution < 1.29 is 71.0 Å². The van der Waals surface area contributed by atoms with E-state index in [-0.39, 0.29) is 62.2 Å². The fraction of sp³-hybridized carbons (Fsp3) is 0.692. The topological polar surface area (TPSA) is 250 Å². The molecule has 0 fully saturated rings. The first-order chi connectivity index (χ1) is 34.3. The van der Waals surface area contributed by atoms with E-state index in [1.165, 1.54) is 12.1 Å². The average molecular weight is 1040 g/mol. The summed E-state index contributed by atoms with van der Waals surface area (Å²) in [6, 6.07) is 12.5. The molecular weight excluding hydrogens is 954 g/mol. The standard InChI is InChI=1S/C52H82N3O16P/c1-42(45-30-26-28-32-47(45)53(60)61)69-50(57)35-23-19-15-11-7-6-10-14-18-22-34-49(56)66-40-44(41-68-72(64,65)67-39-38-55(3,4)5)71-52(59)37-25-21-17-13-9-8-12-16-20-24-36-51(58)70-43(2)46-31-27-29-33-48(46)54(62)63/h26-33,42-44H,6-25,34-41H2,1-5H3/t42?,43?,44-/m1/s1. The number of hydrogen-bond acceptors (Lipinski definition) is 16. The molecule has 0 aliphatic carbocycles. The van der Waals surface area contributed by atoms with Crippen molar-refractivity contribution in [1.29, 1.82) is 0 Å². The van der Waals surface area contributed by atoms with Crippen LogP contribution in [0, 0.1) is 20.2 Å². The maximum absolute atomic E-state index is 12.8. The molecule has 0 aromatic heterocycles. The summed E-state index contributed by atoms with van der Waals surface area (Å²) < 4.78 is 44.7. The number of hydrogen-bond donors (Lipinski definition) is 0. The molecule has 2 aromatic rings. The number of carbonyl (C=O) groups is 4. The Kier molecular flexibility index (Phi) is 31.8. The number of likely N-dealkylation sites (N-methyl/N-ethyl adjacent to an activating group) is 1. The molecule has 72 heavy (non-hydrogen) atoms. The maximum Gasteiger partial charge on any atom is 0.306 e.